The summed E-state index contributed by atoms with van der Waals surface area (Å²) < 4.78 is 6.27. The topological polar surface area (TPSA) is 90.4 Å². The van der Waals surface area contributed by atoms with Crippen LogP contribution in [0.1, 0.15) is 6.92 Å². The molecule has 7 nitrogen and oxygen atoms in total. The van der Waals surface area contributed by atoms with Gasteiger partial charge in [0.1, 0.15) is 18.5 Å². The van der Waals surface area contributed by atoms with Crippen LogP contribution in [0.15, 0.2) is 12.4 Å². The molecule has 1 heterocycles. The molecule has 1 aromatic heterocycles. The van der Waals surface area contributed by atoms with E-state index in [0.717, 1.165) is 0 Å². The number of rotatable bonds is 6. The Balaban J connectivity index is 2.56. The van der Waals surface area contributed by atoms with Gasteiger partial charge in [-0.1, -0.05) is 4.98 Å². The monoisotopic (exact) mass is 215 g/mol. The molecule has 15 heavy (non-hydrogen) atoms. The second-order valence-corrected chi connectivity index (χ2v) is 2.95. The predicted molar refractivity (Wildman–Crippen MR) is 51.4 cm³/mol. The normalized spacial score (nSPS) is 12.7. The van der Waals surface area contributed by atoms with Crippen LogP contribution in [-0.4, -0.2) is 38.9 Å². The van der Waals surface area contributed by atoms with Crippen LogP contribution in [0.5, 0.6) is 0 Å². The second-order valence-electron chi connectivity index (χ2n) is 2.95. The van der Waals surface area contributed by atoms with Crippen LogP contribution in [0, 0.1) is 10.1 Å². The first-order chi connectivity index (χ1) is 7.15. The third-order valence-electron chi connectivity index (χ3n) is 1.78. The number of nitrogens with zero attached hydrogens (tertiary/aromatic N) is 3. The van der Waals surface area contributed by atoms with Crippen molar-refractivity contribution in [3.8, 4) is 0 Å². The van der Waals surface area contributed by atoms with Crippen LogP contribution in [0.25, 0.3) is 0 Å². The lowest BCUT2D eigenvalue weighted by Crippen LogP contribution is -2.22. The number of aliphatic hydroxyl groups is 1. The Bertz CT molecular complexity index is 325. The van der Waals surface area contributed by atoms with Crippen molar-refractivity contribution >= 4 is 5.95 Å². The minimum atomic E-state index is -0.766. The van der Waals surface area contributed by atoms with Gasteiger partial charge in [0.05, 0.1) is 13.2 Å². The molecule has 84 valence electrons. The van der Waals surface area contributed by atoms with Crippen molar-refractivity contribution in [1.82, 2.24) is 9.55 Å². The SMILES string of the molecule is CCOCC(O)Cn1ccnc1[N+](=O)[O-]. The van der Waals surface area contributed by atoms with Gasteiger partial charge in [-0.25, -0.2) is 4.57 Å². The maximum atomic E-state index is 10.5. The first kappa shape index (κ1) is 11.6. The molecule has 0 saturated carbocycles. The highest BCUT2D eigenvalue weighted by molar-refractivity contribution is 5.06. The molecule has 0 aliphatic heterocycles. The molecule has 0 bridgehead atoms. The van der Waals surface area contributed by atoms with Crippen molar-refractivity contribution < 1.29 is 14.8 Å². The summed E-state index contributed by atoms with van der Waals surface area (Å²) in [6.45, 7) is 2.58. The summed E-state index contributed by atoms with van der Waals surface area (Å²) in [6.07, 6.45) is 2.01. The predicted octanol–water partition coefficient (Wildman–Crippen LogP) is 0.189. The van der Waals surface area contributed by atoms with Gasteiger partial charge in [0.25, 0.3) is 0 Å². The quantitative estimate of drug-likeness (QED) is 0.540. The van der Waals surface area contributed by atoms with Gasteiger partial charge in [-0.3, -0.25) is 0 Å². The number of aliphatic hydroxyl groups excluding tert-OH is 1. The van der Waals surface area contributed by atoms with E-state index in [1.165, 1.54) is 17.0 Å². The number of aromatic nitrogens is 2. The van der Waals surface area contributed by atoms with E-state index in [-0.39, 0.29) is 19.1 Å². The van der Waals surface area contributed by atoms with Crippen molar-refractivity contribution in [3.05, 3.63) is 22.5 Å². The van der Waals surface area contributed by atoms with Crippen LogP contribution in [-0.2, 0) is 11.3 Å². The molecule has 1 aromatic rings. The molecule has 1 atom stereocenters. The lowest BCUT2D eigenvalue weighted by Gasteiger charge is -2.09. The second kappa shape index (κ2) is 5.42. The maximum Gasteiger partial charge on any atom is 0.434 e. The molecule has 1 unspecified atom stereocenters. The van der Waals surface area contributed by atoms with Gasteiger partial charge in [0.2, 0.25) is 0 Å². The highest BCUT2D eigenvalue weighted by Gasteiger charge is 2.17. The van der Waals surface area contributed by atoms with Crippen LogP contribution >= 0.6 is 0 Å². The van der Waals surface area contributed by atoms with E-state index in [2.05, 4.69) is 4.98 Å². The third-order valence-corrected chi connectivity index (χ3v) is 1.78. The van der Waals surface area contributed by atoms with E-state index < -0.39 is 11.0 Å². The third kappa shape index (κ3) is 3.30. The summed E-state index contributed by atoms with van der Waals surface area (Å²) in [5.41, 5.74) is 0. The summed E-state index contributed by atoms with van der Waals surface area (Å²) in [6, 6.07) is 0. The van der Waals surface area contributed by atoms with Crippen molar-refractivity contribution in [2.45, 2.75) is 19.6 Å². The Morgan fingerprint density at radius 3 is 3.13 bits per heavy atom. The smallest absolute Gasteiger partial charge is 0.390 e. The summed E-state index contributed by atoms with van der Waals surface area (Å²) in [4.78, 5) is 13.5. The average Bonchev–Trinajstić information content (AvgIpc) is 2.62. The van der Waals surface area contributed by atoms with Gasteiger partial charge in [0, 0.05) is 6.61 Å². The zero-order chi connectivity index (χ0) is 11.3. The van der Waals surface area contributed by atoms with Gasteiger partial charge < -0.3 is 20.0 Å². The molecule has 0 fully saturated rings. The minimum Gasteiger partial charge on any atom is -0.390 e. The fourth-order valence-corrected chi connectivity index (χ4v) is 1.15. The molecule has 0 aliphatic carbocycles. The standard InChI is InChI=1S/C8H13N3O4/c1-2-15-6-7(12)5-10-4-3-9-8(10)11(13)14/h3-4,7,12H,2,5-6H2,1H3. The Kier molecular flexibility index (Phi) is 4.19. The Morgan fingerprint density at radius 1 is 1.80 bits per heavy atom. The highest BCUT2D eigenvalue weighted by Crippen LogP contribution is 2.08. The summed E-state index contributed by atoms with van der Waals surface area (Å²) in [5, 5.41) is 19.9. The van der Waals surface area contributed by atoms with Gasteiger partial charge in [0.15, 0.2) is 0 Å². The zero-order valence-corrected chi connectivity index (χ0v) is 8.37. The number of ether oxygens (including phenoxy) is 1. The van der Waals surface area contributed by atoms with Crippen LogP contribution < -0.4 is 0 Å². The lowest BCUT2D eigenvalue weighted by molar-refractivity contribution is -0.397. The zero-order valence-electron chi connectivity index (χ0n) is 8.37. The summed E-state index contributed by atoms with van der Waals surface area (Å²) in [5.74, 6) is -0.273. The number of hydrogen-bond donors (Lipinski definition) is 1. The molecule has 7 heteroatoms. The van der Waals surface area contributed by atoms with E-state index in [0.29, 0.717) is 6.61 Å². The molecule has 0 spiro atoms. The highest BCUT2D eigenvalue weighted by atomic mass is 16.6. The molecule has 1 rings (SSSR count). The maximum absolute atomic E-state index is 10.5. The van der Waals surface area contributed by atoms with Crippen LogP contribution in [0.2, 0.25) is 0 Å². The fraction of sp³-hybridized carbons (Fsp3) is 0.625. The van der Waals surface area contributed by atoms with E-state index in [4.69, 9.17) is 4.74 Å². The molecular weight excluding hydrogens is 202 g/mol. The number of hydrogen-bond acceptors (Lipinski definition) is 5. The van der Waals surface area contributed by atoms with E-state index in [9.17, 15) is 15.2 Å². The van der Waals surface area contributed by atoms with E-state index in [1.807, 2.05) is 6.92 Å². The van der Waals surface area contributed by atoms with Crippen molar-refractivity contribution in [2.75, 3.05) is 13.2 Å². The Morgan fingerprint density at radius 2 is 2.53 bits per heavy atom. The van der Waals surface area contributed by atoms with Gasteiger partial charge in [-0.2, -0.15) is 0 Å². The van der Waals surface area contributed by atoms with Crippen molar-refractivity contribution in [3.63, 3.8) is 0 Å². The van der Waals surface area contributed by atoms with Crippen LogP contribution in [0.3, 0.4) is 0 Å². The average molecular weight is 215 g/mol. The lowest BCUT2D eigenvalue weighted by atomic mass is 10.4. The van der Waals surface area contributed by atoms with E-state index >= 15 is 0 Å². The van der Waals surface area contributed by atoms with Crippen LogP contribution in [0.4, 0.5) is 5.95 Å². The molecule has 0 aromatic carbocycles. The van der Waals surface area contributed by atoms with E-state index in [1.54, 1.807) is 0 Å². The van der Waals surface area contributed by atoms with Gasteiger partial charge in [-0.05, 0) is 11.8 Å². The van der Waals surface area contributed by atoms with Crippen molar-refractivity contribution in [2.24, 2.45) is 0 Å². The van der Waals surface area contributed by atoms with Gasteiger partial charge in [-0.15, -0.1) is 0 Å². The molecule has 0 amide bonds. The minimum absolute atomic E-state index is 0.107. The first-order valence-electron chi connectivity index (χ1n) is 4.56. The van der Waals surface area contributed by atoms with Gasteiger partial charge >= 0.3 is 5.95 Å². The Labute approximate surface area is 86.5 Å². The summed E-state index contributed by atoms with van der Waals surface area (Å²) in [7, 11) is 0. The molecule has 1 N–H and O–H groups in total. The molecular formula is C8H13N3O4. The molecule has 0 radical (unpaired) electrons. The molecule has 0 aliphatic rings. The number of imidazole rings is 1. The Hall–Kier alpha value is -1.47. The first-order valence-corrected chi connectivity index (χ1v) is 4.56. The molecule has 0 saturated heterocycles. The fourth-order valence-electron chi connectivity index (χ4n) is 1.15. The van der Waals surface area contributed by atoms with Crippen molar-refractivity contribution in [1.29, 1.82) is 0 Å². The largest absolute Gasteiger partial charge is 0.434 e. The number of nitro groups is 1. The summed E-state index contributed by atoms with van der Waals surface area (Å²) >= 11 is 0.